The van der Waals surface area contributed by atoms with Crippen molar-refractivity contribution in [2.24, 2.45) is 0 Å². The summed E-state index contributed by atoms with van der Waals surface area (Å²) in [6.45, 7) is 1.05. The second-order valence-corrected chi connectivity index (χ2v) is 6.63. The van der Waals surface area contributed by atoms with Gasteiger partial charge in [-0.3, -0.25) is 0 Å². The third-order valence-electron chi connectivity index (χ3n) is 4.03. The lowest BCUT2D eigenvalue weighted by Gasteiger charge is -2.27. The van der Waals surface area contributed by atoms with Crippen LogP contribution in [0.25, 0.3) is 0 Å². The summed E-state index contributed by atoms with van der Waals surface area (Å²) < 4.78 is 38.9. The van der Waals surface area contributed by atoms with Gasteiger partial charge in [-0.25, -0.2) is 0 Å². The zero-order valence-electron chi connectivity index (χ0n) is 11.6. The summed E-state index contributed by atoms with van der Waals surface area (Å²) in [4.78, 5) is 0. The smallest absolute Gasteiger partial charge is 0.311 e. The molecule has 1 aliphatic carbocycles. The highest BCUT2D eigenvalue weighted by Crippen LogP contribution is 2.39. The zero-order chi connectivity index (χ0) is 14.6. The molecule has 0 bridgehead atoms. The molecule has 2 rings (SSSR count). The molecule has 112 valence electrons. The summed E-state index contributed by atoms with van der Waals surface area (Å²) in [6, 6.07) is 5.80. The van der Waals surface area contributed by atoms with Crippen LogP contribution in [0.1, 0.15) is 36.8 Å². The van der Waals surface area contributed by atoms with Crippen LogP contribution in [0.5, 0.6) is 0 Å². The Bertz CT molecular complexity index is 439. The normalized spacial score (nSPS) is 18.4. The lowest BCUT2D eigenvalue weighted by Crippen LogP contribution is -2.35. The highest BCUT2D eigenvalue weighted by molar-refractivity contribution is 8.00. The van der Waals surface area contributed by atoms with Gasteiger partial charge in [0.15, 0.2) is 0 Å². The molecule has 1 aliphatic rings. The molecular weight excluding hydrogens is 283 g/mol. The Kier molecular flexibility index (Phi) is 5.02. The quantitative estimate of drug-likeness (QED) is 0.861. The fraction of sp³-hybridized carbons (Fsp3) is 0.600. The van der Waals surface area contributed by atoms with Crippen LogP contribution in [0.15, 0.2) is 24.3 Å². The van der Waals surface area contributed by atoms with Gasteiger partial charge in [-0.2, -0.15) is 24.9 Å². The predicted octanol–water partition coefficient (Wildman–Crippen LogP) is 4.47. The molecule has 1 aromatic carbocycles. The van der Waals surface area contributed by atoms with E-state index in [1.165, 1.54) is 18.9 Å². The summed E-state index contributed by atoms with van der Waals surface area (Å²) >= 11 is 1.84. The molecule has 0 spiro atoms. The standard InChI is InChI=1S/C15H20F3NS/c1-20-14(8-4-5-9-14)11-19-10-12-6-2-3-7-13(12)15(16,17)18/h2-3,6-7,19H,4-5,8-11H2,1H3. The first-order valence-electron chi connectivity index (χ1n) is 6.88. The van der Waals surface area contributed by atoms with Crippen LogP contribution in [0.3, 0.4) is 0 Å². The van der Waals surface area contributed by atoms with Crippen LogP contribution >= 0.6 is 11.8 Å². The summed E-state index contributed by atoms with van der Waals surface area (Å²) in [6.07, 6.45) is 2.58. The number of nitrogens with one attached hydrogen (secondary N) is 1. The molecule has 0 atom stereocenters. The molecule has 0 aliphatic heterocycles. The van der Waals surface area contributed by atoms with Crippen molar-refractivity contribution in [3.05, 3.63) is 35.4 Å². The number of hydrogen-bond donors (Lipinski definition) is 1. The third kappa shape index (κ3) is 3.70. The Morgan fingerprint density at radius 2 is 1.85 bits per heavy atom. The fourth-order valence-electron chi connectivity index (χ4n) is 2.85. The van der Waals surface area contributed by atoms with Gasteiger partial charge in [0.1, 0.15) is 0 Å². The van der Waals surface area contributed by atoms with Crippen LogP contribution in [0, 0.1) is 0 Å². The predicted molar refractivity (Wildman–Crippen MR) is 77.9 cm³/mol. The van der Waals surface area contributed by atoms with Crippen LogP contribution < -0.4 is 5.32 Å². The molecular formula is C15H20F3NS. The Morgan fingerprint density at radius 1 is 1.20 bits per heavy atom. The van der Waals surface area contributed by atoms with Gasteiger partial charge in [-0.15, -0.1) is 0 Å². The molecule has 0 saturated heterocycles. The highest BCUT2D eigenvalue weighted by atomic mass is 32.2. The highest BCUT2D eigenvalue weighted by Gasteiger charge is 2.34. The van der Waals surface area contributed by atoms with Crippen LogP contribution in [0.2, 0.25) is 0 Å². The monoisotopic (exact) mass is 303 g/mol. The average molecular weight is 303 g/mol. The van der Waals surface area contributed by atoms with Crippen LogP contribution in [-0.2, 0) is 12.7 Å². The number of benzene rings is 1. The van der Waals surface area contributed by atoms with Gasteiger partial charge in [0.05, 0.1) is 5.56 Å². The van der Waals surface area contributed by atoms with Crippen molar-refractivity contribution in [2.45, 2.75) is 43.2 Å². The lowest BCUT2D eigenvalue weighted by atomic mass is 10.1. The molecule has 0 unspecified atom stereocenters. The van der Waals surface area contributed by atoms with Crippen molar-refractivity contribution < 1.29 is 13.2 Å². The van der Waals surface area contributed by atoms with Gasteiger partial charge >= 0.3 is 6.18 Å². The van der Waals surface area contributed by atoms with E-state index in [0.29, 0.717) is 5.56 Å². The Hall–Kier alpha value is -0.680. The topological polar surface area (TPSA) is 12.0 Å². The van der Waals surface area contributed by atoms with E-state index in [-0.39, 0.29) is 11.3 Å². The van der Waals surface area contributed by atoms with E-state index in [9.17, 15) is 13.2 Å². The van der Waals surface area contributed by atoms with E-state index in [1.54, 1.807) is 12.1 Å². The number of thioether (sulfide) groups is 1. The molecule has 1 saturated carbocycles. The van der Waals surface area contributed by atoms with Crippen molar-refractivity contribution >= 4 is 11.8 Å². The van der Waals surface area contributed by atoms with Gasteiger partial charge < -0.3 is 5.32 Å². The maximum Gasteiger partial charge on any atom is 0.416 e. The van der Waals surface area contributed by atoms with Crippen molar-refractivity contribution in [3.63, 3.8) is 0 Å². The number of alkyl halides is 3. The number of halogens is 3. The first-order chi connectivity index (χ1) is 9.47. The molecule has 1 fully saturated rings. The van der Waals surface area contributed by atoms with E-state index in [1.807, 2.05) is 11.8 Å². The van der Waals surface area contributed by atoms with E-state index >= 15 is 0 Å². The van der Waals surface area contributed by atoms with Gasteiger partial charge in [0.2, 0.25) is 0 Å². The van der Waals surface area contributed by atoms with Gasteiger partial charge in [0.25, 0.3) is 0 Å². The minimum absolute atomic E-state index is 0.215. The molecule has 0 amide bonds. The fourth-order valence-corrected chi connectivity index (χ4v) is 3.79. The minimum atomic E-state index is -4.27. The van der Waals surface area contributed by atoms with Crippen molar-refractivity contribution in [1.82, 2.24) is 5.32 Å². The lowest BCUT2D eigenvalue weighted by molar-refractivity contribution is -0.138. The van der Waals surface area contributed by atoms with E-state index in [2.05, 4.69) is 11.6 Å². The summed E-state index contributed by atoms with van der Waals surface area (Å²) in [5.41, 5.74) is -0.202. The molecule has 5 heteroatoms. The maximum atomic E-state index is 12.9. The average Bonchev–Trinajstić information content (AvgIpc) is 2.88. The van der Waals surface area contributed by atoms with Gasteiger partial charge in [0, 0.05) is 17.8 Å². The van der Waals surface area contributed by atoms with Gasteiger partial charge in [-0.05, 0) is 30.7 Å². The zero-order valence-corrected chi connectivity index (χ0v) is 12.4. The molecule has 0 radical (unpaired) electrons. The van der Waals surface area contributed by atoms with E-state index in [4.69, 9.17) is 0 Å². The van der Waals surface area contributed by atoms with Gasteiger partial charge in [-0.1, -0.05) is 31.0 Å². The van der Waals surface area contributed by atoms with E-state index in [0.717, 1.165) is 25.5 Å². The van der Waals surface area contributed by atoms with Crippen molar-refractivity contribution in [1.29, 1.82) is 0 Å². The first kappa shape index (κ1) is 15.7. The molecule has 1 aromatic rings. The Balaban J connectivity index is 1.98. The Morgan fingerprint density at radius 3 is 2.45 bits per heavy atom. The first-order valence-corrected chi connectivity index (χ1v) is 8.10. The number of rotatable bonds is 5. The van der Waals surface area contributed by atoms with Crippen molar-refractivity contribution in [3.8, 4) is 0 Å². The second-order valence-electron chi connectivity index (χ2n) is 5.35. The molecule has 1 N–H and O–H groups in total. The van der Waals surface area contributed by atoms with Crippen LogP contribution in [0.4, 0.5) is 13.2 Å². The Labute approximate surface area is 122 Å². The summed E-state index contributed by atoms with van der Waals surface area (Å²) in [5, 5.41) is 3.23. The molecule has 1 nitrogen and oxygen atoms in total. The SMILES string of the molecule is CSC1(CNCc2ccccc2C(F)(F)F)CCCC1. The van der Waals surface area contributed by atoms with E-state index < -0.39 is 11.7 Å². The molecule has 0 aromatic heterocycles. The largest absolute Gasteiger partial charge is 0.416 e. The molecule has 0 heterocycles. The maximum absolute atomic E-state index is 12.9. The summed E-state index contributed by atoms with van der Waals surface area (Å²) in [7, 11) is 0. The van der Waals surface area contributed by atoms with Crippen LogP contribution in [-0.4, -0.2) is 17.5 Å². The minimum Gasteiger partial charge on any atom is -0.311 e. The molecule has 20 heavy (non-hydrogen) atoms. The van der Waals surface area contributed by atoms with Crippen molar-refractivity contribution in [2.75, 3.05) is 12.8 Å². The second kappa shape index (κ2) is 6.39. The third-order valence-corrected chi connectivity index (χ3v) is 5.45. The number of hydrogen-bond acceptors (Lipinski definition) is 2. The summed E-state index contributed by atoms with van der Waals surface area (Å²) in [5.74, 6) is 0.